The number of ether oxygens (including phenoxy) is 4. The summed E-state index contributed by atoms with van der Waals surface area (Å²) in [5.41, 5.74) is 2.37. The summed E-state index contributed by atoms with van der Waals surface area (Å²) in [6.07, 6.45) is 0.472. The van der Waals surface area contributed by atoms with Gasteiger partial charge in [-0.15, -0.1) is 0 Å². The van der Waals surface area contributed by atoms with E-state index in [-0.39, 0.29) is 31.1 Å². The van der Waals surface area contributed by atoms with E-state index in [9.17, 15) is 9.59 Å². The van der Waals surface area contributed by atoms with E-state index in [1.54, 1.807) is 34.5 Å². The zero-order valence-electron chi connectivity index (χ0n) is 21.4. The van der Waals surface area contributed by atoms with Crippen molar-refractivity contribution in [2.45, 2.75) is 19.4 Å². The topological polar surface area (TPSA) is 102 Å². The molecular weight excluding hydrogens is 464 g/mol. The normalized spacial score (nSPS) is 14.8. The van der Waals surface area contributed by atoms with E-state index < -0.39 is 0 Å². The number of urea groups is 1. The average molecular weight is 499 g/mol. The second-order valence-electron chi connectivity index (χ2n) is 8.09. The lowest BCUT2D eigenvalue weighted by Crippen LogP contribution is -2.47. The summed E-state index contributed by atoms with van der Waals surface area (Å²) in [6, 6.07) is 12.3. The second kappa shape index (κ2) is 12.8. The van der Waals surface area contributed by atoms with Gasteiger partial charge >= 0.3 is 6.03 Å². The van der Waals surface area contributed by atoms with Gasteiger partial charge in [0.2, 0.25) is 0 Å². The van der Waals surface area contributed by atoms with Crippen LogP contribution in [-0.2, 0) is 9.53 Å². The Morgan fingerprint density at radius 3 is 2.33 bits per heavy atom. The highest BCUT2D eigenvalue weighted by Gasteiger charge is 2.35. The van der Waals surface area contributed by atoms with Crippen LogP contribution in [-0.4, -0.2) is 82.2 Å². The largest absolute Gasteiger partial charge is 0.497 e. The van der Waals surface area contributed by atoms with E-state index >= 15 is 0 Å². The van der Waals surface area contributed by atoms with Crippen LogP contribution in [0.1, 0.15) is 30.5 Å². The van der Waals surface area contributed by atoms with Crippen LogP contribution >= 0.6 is 0 Å². The van der Waals surface area contributed by atoms with Crippen LogP contribution in [0.15, 0.2) is 47.6 Å². The zero-order chi connectivity index (χ0) is 26.1. The molecule has 0 saturated carbocycles. The number of methoxy groups -OCH3 is 4. The monoisotopic (exact) mass is 498 g/mol. The first-order valence-electron chi connectivity index (χ1n) is 11.7. The highest BCUT2D eigenvalue weighted by Crippen LogP contribution is 2.36. The van der Waals surface area contributed by atoms with Crippen LogP contribution in [0.3, 0.4) is 0 Å². The van der Waals surface area contributed by atoms with Gasteiger partial charge in [0.25, 0.3) is 5.91 Å². The SMILES string of the molecule is CCNC(=O)N(CCOC)CC(=O)N1N=C(c2ccc(OC)cc2OC)CC1c1ccc(OC)cc1. The number of nitrogens with zero attached hydrogens (tertiary/aromatic N) is 3. The quantitative estimate of drug-likeness (QED) is 0.511. The first-order valence-corrected chi connectivity index (χ1v) is 11.7. The molecule has 2 aromatic rings. The maximum absolute atomic E-state index is 13.5. The summed E-state index contributed by atoms with van der Waals surface area (Å²) in [6.45, 7) is 2.72. The van der Waals surface area contributed by atoms with Crippen molar-refractivity contribution in [1.82, 2.24) is 15.2 Å². The molecule has 0 saturated heterocycles. The molecule has 0 fully saturated rings. The third-order valence-corrected chi connectivity index (χ3v) is 5.89. The molecule has 36 heavy (non-hydrogen) atoms. The molecule has 10 heteroatoms. The number of nitrogens with one attached hydrogen (secondary N) is 1. The lowest BCUT2D eigenvalue weighted by atomic mass is 9.97. The second-order valence-corrected chi connectivity index (χ2v) is 8.09. The Bertz CT molecular complexity index is 1070. The number of rotatable bonds is 11. The number of carbonyl (C=O) groups excluding carboxylic acids is 2. The van der Waals surface area contributed by atoms with E-state index in [1.165, 1.54) is 9.91 Å². The third-order valence-electron chi connectivity index (χ3n) is 5.89. The summed E-state index contributed by atoms with van der Waals surface area (Å²) < 4.78 is 21.3. The van der Waals surface area contributed by atoms with Gasteiger partial charge in [-0.1, -0.05) is 12.1 Å². The number of amides is 3. The molecule has 2 aromatic carbocycles. The predicted octanol–water partition coefficient (Wildman–Crippen LogP) is 3.07. The molecule has 194 valence electrons. The molecule has 3 amide bonds. The molecule has 1 N–H and O–H groups in total. The maximum atomic E-state index is 13.5. The van der Waals surface area contributed by atoms with Crippen LogP contribution < -0.4 is 19.5 Å². The van der Waals surface area contributed by atoms with Gasteiger partial charge in [0.15, 0.2) is 0 Å². The predicted molar refractivity (Wildman–Crippen MR) is 136 cm³/mol. The Hall–Kier alpha value is -3.79. The van der Waals surface area contributed by atoms with E-state index in [0.29, 0.717) is 36.8 Å². The van der Waals surface area contributed by atoms with E-state index in [1.807, 2.05) is 43.3 Å². The van der Waals surface area contributed by atoms with Crippen molar-refractivity contribution in [3.63, 3.8) is 0 Å². The van der Waals surface area contributed by atoms with Crippen molar-refractivity contribution < 1.29 is 28.5 Å². The Kier molecular flexibility index (Phi) is 9.52. The van der Waals surface area contributed by atoms with Crippen molar-refractivity contribution in [2.24, 2.45) is 5.10 Å². The minimum atomic E-state index is -0.358. The number of hydrazone groups is 1. The Balaban J connectivity index is 1.95. The molecule has 0 spiro atoms. The van der Waals surface area contributed by atoms with E-state index in [0.717, 1.165) is 16.9 Å². The van der Waals surface area contributed by atoms with Gasteiger partial charge in [0.05, 0.1) is 39.7 Å². The molecule has 0 aromatic heterocycles. The summed E-state index contributed by atoms with van der Waals surface area (Å²) in [5, 5.41) is 8.93. The molecule has 0 aliphatic carbocycles. The number of hydrogen-bond donors (Lipinski definition) is 1. The van der Waals surface area contributed by atoms with Gasteiger partial charge in [-0.2, -0.15) is 5.10 Å². The summed E-state index contributed by atoms with van der Waals surface area (Å²) >= 11 is 0. The van der Waals surface area contributed by atoms with Crippen molar-refractivity contribution in [2.75, 3.05) is 54.7 Å². The fourth-order valence-electron chi connectivity index (χ4n) is 3.98. The van der Waals surface area contributed by atoms with E-state index in [4.69, 9.17) is 24.0 Å². The van der Waals surface area contributed by atoms with Gasteiger partial charge in [0, 0.05) is 38.2 Å². The standard InChI is InChI=1S/C26H34N4O6/c1-6-27-26(32)29(13-14-33-2)17-25(31)30-23(18-7-9-19(34-3)10-8-18)16-22(28-30)21-12-11-20(35-4)15-24(21)36-5/h7-12,15,23H,6,13-14,16-17H2,1-5H3,(H,27,32). The molecule has 1 aliphatic rings. The van der Waals surface area contributed by atoms with Gasteiger partial charge in [-0.05, 0) is 36.8 Å². The molecule has 1 unspecified atom stereocenters. The Labute approximate surface area is 211 Å². The lowest BCUT2D eigenvalue weighted by Gasteiger charge is -2.27. The third kappa shape index (κ3) is 6.25. The van der Waals surface area contributed by atoms with Crippen LogP contribution in [0.4, 0.5) is 4.79 Å². The van der Waals surface area contributed by atoms with Gasteiger partial charge in [0.1, 0.15) is 23.8 Å². The molecule has 3 rings (SSSR count). The minimum Gasteiger partial charge on any atom is -0.497 e. The van der Waals surface area contributed by atoms with Crippen molar-refractivity contribution in [3.05, 3.63) is 53.6 Å². The molecule has 1 aliphatic heterocycles. The molecule has 1 atom stereocenters. The summed E-state index contributed by atoms with van der Waals surface area (Å²) in [5.74, 6) is 1.67. The maximum Gasteiger partial charge on any atom is 0.317 e. The van der Waals surface area contributed by atoms with Crippen molar-refractivity contribution in [1.29, 1.82) is 0 Å². The average Bonchev–Trinajstić information content (AvgIpc) is 3.36. The molecule has 0 radical (unpaired) electrons. The Morgan fingerprint density at radius 1 is 1.03 bits per heavy atom. The van der Waals surface area contributed by atoms with Crippen LogP contribution in [0, 0.1) is 0 Å². The fraction of sp³-hybridized carbons (Fsp3) is 0.423. The van der Waals surface area contributed by atoms with Crippen LogP contribution in [0.25, 0.3) is 0 Å². The van der Waals surface area contributed by atoms with Crippen LogP contribution in [0.2, 0.25) is 0 Å². The molecule has 10 nitrogen and oxygen atoms in total. The van der Waals surface area contributed by atoms with E-state index in [2.05, 4.69) is 5.32 Å². The van der Waals surface area contributed by atoms with Crippen molar-refractivity contribution >= 4 is 17.6 Å². The smallest absolute Gasteiger partial charge is 0.317 e. The molecule has 1 heterocycles. The zero-order valence-corrected chi connectivity index (χ0v) is 21.4. The van der Waals surface area contributed by atoms with Gasteiger partial charge in [-0.25, -0.2) is 9.80 Å². The van der Waals surface area contributed by atoms with Crippen molar-refractivity contribution in [3.8, 4) is 17.2 Å². The highest BCUT2D eigenvalue weighted by molar-refractivity contribution is 6.05. The summed E-state index contributed by atoms with van der Waals surface area (Å²) in [7, 11) is 6.33. The van der Waals surface area contributed by atoms with Crippen LogP contribution in [0.5, 0.6) is 17.2 Å². The Morgan fingerprint density at radius 2 is 1.72 bits per heavy atom. The fourth-order valence-corrected chi connectivity index (χ4v) is 3.98. The molecular formula is C26H34N4O6. The highest BCUT2D eigenvalue weighted by atomic mass is 16.5. The number of benzene rings is 2. The van der Waals surface area contributed by atoms with Gasteiger partial charge in [-0.3, -0.25) is 4.79 Å². The first-order chi connectivity index (χ1) is 17.4. The number of carbonyl (C=O) groups is 2. The minimum absolute atomic E-state index is 0.141. The summed E-state index contributed by atoms with van der Waals surface area (Å²) in [4.78, 5) is 27.5. The van der Waals surface area contributed by atoms with Gasteiger partial charge < -0.3 is 29.2 Å². The molecule has 0 bridgehead atoms. The lowest BCUT2D eigenvalue weighted by molar-refractivity contribution is -0.133. The number of hydrogen-bond acceptors (Lipinski definition) is 7. The first kappa shape index (κ1) is 26.8.